The molecule has 0 radical (unpaired) electrons. The SMILES string of the molecule is CC1(C)NC1C(=O)OC(c1ccccc1)c1ccccc1. The number of rotatable bonds is 4. The average molecular weight is 281 g/mol. The number of carbonyl (C=O) groups excluding carboxylic acids is 1. The number of benzene rings is 2. The number of esters is 1. The maximum Gasteiger partial charge on any atom is 0.326 e. The molecule has 1 aliphatic heterocycles. The molecule has 1 atom stereocenters. The van der Waals surface area contributed by atoms with Gasteiger partial charge in [-0.25, -0.2) is 0 Å². The summed E-state index contributed by atoms with van der Waals surface area (Å²) in [7, 11) is 0. The standard InChI is InChI=1S/C18H19NO2/c1-18(2)16(19-18)17(20)21-15(13-9-5-3-6-10-13)14-11-7-4-8-12-14/h3-12,15-16,19H,1-2H3. The van der Waals surface area contributed by atoms with Gasteiger partial charge in [0.2, 0.25) is 0 Å². The van der Waals surface area contributed by atoms with Crippen molar-refractivity contribution < 1.29 is 9.53 Å². The lowest BCUT2D eigenvalue weighted by Gasteiger charge is -2.19. The Balaban J connectivity index is 1.85. The molecule has 1 saturated heterocycles. The number of hydrogen-bond acceptors (Lipinski definition) is 3. The number of hydrogen-bond donors (Lipinski definition) is 1. The highest BCUT2D eigenvalue weighted by atomic mass is 16.5. The average Bonchev–Trinajstić information content (AvgIpc) is 3.15. The smallest absolute Gasteiger partial charge is 0.326 e. The summed E-state index contributed by atoms with van der Waals surface area (Å²) in [6.07, 6.45) is -0.363. The molecule has 0 spiro atoms. The molecule has 2 aromatic carbocycles. The highest BCUT2D eigenvalue weighted by Gasteiger charge is 2.51. The van der Waals surface area contributed by atoms with Crippen LogP contribution in [0.4, 0.5) is 0 Å². The highest BCUT2D eigenvalue weighted by molar-refractivity contribution is 5.82. The summed E-state index contributed by atoms with van der Waals surface area (Å²) in [4.78, 5) is 12.3. The fraction of sp³-hybridized carbons (Fsp3) is 0.278. The minimum Gasteiger partial charge on any atom is -0.451 e. The van der Waals surface area contributed by atoms with Crippen molar-refractivity contribution in [2.75, 3.05) is 0 Å². The van der Waals surface area contributed by atoms with E-state index in [4.69, 9.17) is 4.74 Å². The first-order valence-corrected chi connectivity index (χ1v) is 7.16. The van der Waals surface area contributed by atoms with Crippen LogP contribution in [0.15, 0.2) is 60.7 Å². The molecule has 0 amide bonds. The van der Waals surface area contributed by atoms with Gasteiger partial charge in [0.1, 0.15) is 6.04 Å². The van der Waals surface area contributed by atoms with Crippen LogP contribution in [-0.4, -0.2) is 17.6 Å². The third kappa shape index (κ3) is 2.98. The van der Waals surface area contributed by atoms with Crippen molar-refractivity contribution in [2.24, 2.45) is 0 Å². The van der Waals surface area contributed by atoms with E-state index in [9.17, 15) is 4.79 Å². The lowest BCUT2D eigenvalue weighted by molar-refractivity contribution is -0.147. The van der Waals surface area contributed by atoms with E-state index in [1.54, 1.807) is 0 Å². The zero-order valence-corrected chi connectivity index (χ0v) is 12.2. The van der Waals surface area contributed by atoms with E-state index in [1.165, 1.54) is 0 Å². The van der Waals surface area contributed by atoms with Crippen LogP contribution in [0.1, 0.15) is 31.1 Å². The predicted molar refractivity (Wildman–Crippen MR) is 81.8 cm³/mol. The molecule has 0 aliphatic carbocycles. The van der Waals surface area contributed by atoms with Gasteiger partial charge in [0, 0.05) is 5.54 Å². The van der Waals surface area contributed by atoms with E-state index in [-0.39, 0.29) is 23.7 Å². The Hall–Kier alpha value is -2.13. The third-order valence-corrected chi connectivity index (χ3v) is 3.83. The minimum atomic E-state index is -0.363. The largest absolute Gasteiger partial charge is 0.451 e. The van der Waals surface area contributed by atoms with Crippen LogP contribution >= 0.6 is 0 Å². The van der Waals surface area contributed by atoms with Crippen LogP contribution < -0.4 is 5.32 Å². The molecule has 3 rings (SSSR count). The maximum absolute atomic E-state index is 12.3. The Morgan fingerprint density at radius 2 is 1.43 bits per heavy atom. The summed E-state index contributed by atoms with van der Waals surface area (Å²) >= 11 is 0. The minimum absolute atomic E-state index is 0.158. The van der Waals surface area contributed by atoms with E-state index < -0.39 is 0 Å². The van der Waals surface area contributed by atoms with E-state index in [0.717, 1.165) is 11.1 Å². The second-order valence-corrected chi connectivity index (χ2v) is 5.94. The monoisotopic (exact) mass is 281 g/mol. The normalized spacial score (nSPS) is 19.3. The molecule has 1 heterocycles. The van der Waals surface area contributed by atoms with E-state index in [2.05, 4.69) is 5.32 Å². The summed E-state index contributed by atoms with van der Waals surface area (Å²) in [6, 6.07) is 19.5. The van der Waals surface area contributed by atoms with Gasteiger partial charge in [-0.15, -0.1) is 0 Å². The number of nitrogens with one attached hydrogen (secondary N) is 1. The Morgan fingerprint density at radius 3 is 1.81 bits per heavy atom. The van der Waals surface area contributed by atoms with Gasteiger partial charge in [-0.1, -0.05) is 60.7 Å². The van der Waals surface area contributed by atoms with Crippen LogP contribution in [0.25, 0.3) is 0 Å². The number of carbonyl (C=O) groups is 1. The molecule has 3 heteroatoms. The summed E-state index contributed by atoms with van der Waals surface area (Å²) < 4.78 is 5.78. The van der Waals surface area contributed by atoms with Gasteiger partial charge in [-0.2, -0.15) is 0 Å². The van der Waals surface area contributed by atoms with Gasteiger partial charge in [0.05, 0.1) is 0 Å². The molecule has 1 fully saturated rings. The van der Waals surface area contributed by atoms with Gasteiger partial charge >= 0.3 is 5.97 Å². The lowest BCUT2D eigenvalue weighted by atomic mass is 10.0. The molecule has 3 nitrogen and oxygen atoms in total. The quantitative estimate of drug-likeness (QED) is 0.692. The Kier molecular flexibility index (Phi) is 3.52. The molecular formula is C18H19NO2. The van der Waals surface area contributed by atoms with Gasteiger partial charge in [0.15, 0.2) is 6.10 Å². The van der Waals surface area contributed by atoms with E-state index >= 15 is 0 Å². The predicted octanol–water partition coefficient (Wildman–Crippen LogP) is 3.07. The first kappa shape index (κ1) is 13.8. The van der Waals surface area contributed by atoms with Gasteiger partial charge in [-0.3, -0.25) is 10.1 Å². The van der Waals surface area contributed by atoms with Crippen molar-refractivity contribution in [3.05, 3.63) is 71.8 Å². The molecule has 108 valence electrons. The van der Waals surface area contributed by atoms with Crippen LogP contribution in [-0.2, 0) is 9.53 Å². The molecular weight excluding hydrogens is 262 g/mol. The van der Waals surface area contributed by atoms with Crippen LogP contribution in [0.2, 0.25) is 0 Å². The molecule has 2 aromatic rings. The zero-order valence-electron chi connectivity index (χ0n) is 12.2. The Bertz CT molecular complexity index is 583. The van der Waals surface area contributed by atoms with Crippen molar-refractivity contribution in [1.29, 1.82) is 0 Å². The first-order chi connectivity index (χ1) is 10.1. The molecule has 0 saturated carbocycles. The Labute approximate surface area is 124 Å². The van der Waals surface area contributed by atoms with Crippen molar-refractivity contribution in [1.82, 2.24) is 5.32 Å². The second-order valence-electron chi connectivity index (χ2n) is 5.94. The zero-order chi connectivity index (χ0) is 14.9. The van der Waals surface area contributed by atoms with Crippen LogP contribution in [0, 0.1) is 0 Å². The van der Waals surface area contributed by atoms with Crippen molar-refractivity contribution in [3.63, 3.8) is 0 Å². The Morgan fingerprint density at radius 1 is 1.00 bits per heavy atom. The molecule has 1 aliphatic rings. The van der Waals surface area contributed by atoms with Crippen molar-refractivity contribution in [2.45, 2.75) is 31.5 Å². The summed E-state index contributed by atoms with van der Waals surface area (Å²) in [5.41, 5.74) is 1.81. The van der Waals surface area contributed by atoms with Crippen molar-refractivity contribution in [3.8, 4) is 0 Å². The van der Waals surface area contributed by atoms with Crippen LogP contribution in [0.5, 0.6) is 0 Å². The van der Waals surface area contributed by atoms with Crippen LogP contribution in [0.3, 0.4) is 0 Å². The van der Waals surface area contributed by atoms with Gasteiger partial charge in [-0.05, 0) is 25.0 Å². The summed E-state index contributed by atoms with van der Waals surface area (Å²) in [6.45, 7) is 4.00. The summed E-state index contributed by atoms with van der Waals surface area (Å²) in [5, 5.41) is 3.14. The maximum atomic E-state index is 12.3. The number of ether oxygens (including phenoxy) is 1. The topological polar surface area (TPSA) is 48.2 Å². The summed E-state index contributed by atoms with van der Waals surface area (Å²) in [5.74, 6) is -0.197. The van der Waals surface area contributed by atoms with E-state index in [1.807, 2.05) is 74.5 Å². The molecule has 21 heavy (non-hydrogen) atoms. The molecule has 0 bridgehead atoms. The van der Waals surface area contributed by atoms with Crippen molar-refractivity contribution >= 4 is 5.97 Å². The fourth-order valence-electron chi connectivity index (χ4n) is 2.45. The van der Waals surface area contributed by atoms with Gasteiger partial charge in [0.25, 0.3) is 0 Å². The van der Waals surface area contributed by atoms with E-state index in [0.29, 0.717) is 0 Å². The first-order valence-electron chi connectivity index (χ1n) is 7.16. The highest BCUT2D eigenvalue weighted by Crippen LogP contribution is 2.31. The third-order valence-electron chi connectivity index (χ3n) is 3.83. The second kappa shape index (κ2) is 5.34. The molecule has 1 N–H and O–H groups in total. The van der Waals surface area contributed by atoms with Gasteiger partial charge < -0.3 is 4.74 Å². The molecule has 0 aromatic heterocycles. The fourth-order valence-corrected chi connectivity index (χ4v) is 2.45. The lowest BCUT2D eigenvalue weighted by Crippen LogP contribution is -2.21. The molecule has 1 unspecified atom stereocenters.